The van der Waals surface area contributed by atoms with Crippen LogP contribution in [0.15, 0.2) is 0 Å². The molecule has 0 aliphatic rings. The molecule has 0 spiro atoms. The molecule has 11 heavy (non-hydrogen) atoms. The second-order valence-corrected chi connectivity index (χ2v) is 8.15. The fourth-order valence-corrected chi connectivity index (χ4v) is 3.96. The zero-order valence-corrected chi connectivity index (χ0v) is 8.47. The summed E-state index contributed by atoms with van der Waals surface area (Å²) in [7, 11) is -1.83. The predicted octanol–water partition coefficient (Wildman–Crippen LogP) is 1.22. The van der Waals surface area contributed by atoms with Crippen molar-refractivity contribution in [3.05, 3.63) is 0 Å². The third-order valence-corrected chi connectivity index (χ3v) is 5.16. The Labute approximate surface area is 95.1 Å². The third kappa shape index (κ3) is 9.21. The van der Waals surface area contributed by atoms with Crippen LogP contribution in [0.2, 0.25) is 0 Å². The van der Waals surface area contributed by atoms with Crippen LogP contribution in [0.5, 0.6) is 0 Å². The second kappa shape index (κ2) is 5.12. The summed E-state index contributed by atoms with van der Waals surface area (Å²) in [5.41, 5.74) is 0. The van der Waals surface area contributed by atoms with Gasteiger partial charge < -0.3 is 0 Å². The van der Waals surface area contributed by atoms with Crippen molar-refractivity contribution in [1.82, 2.24) is 0 Å². The average molecular weight is 206 g/mol. The van der Waals surface area contributed by atoms with E-state index in [4.69, 9.17) is 0 Å². The van der Waals surface area contributed by atoms with Crippen LogP contribution in [0.1, 0.15) is 27.7 Å². The molecule has 2 nitrogen and oxygen atoms in total. The first-order valence-corrected chi connectivity index (χ1v) is 6.19. The van der Waals surface area contributed by atoms with Crippen LogP contribution < -0.4 is 0 Å². The number of hydrogen-bond donors (Lipinski definition) is 0. The molecule has 0 saturated carbocycles. The van der Waals surface area contributed by atoms with Gasteiger partial charge in [-0.3, -0.25) is 0 Å². The van der Waals surface area contributed by atoms with Gasteiger partial charge in [-0.2, -0.15) is 0 Å². The van der Waals surface area contributed by atoms with Crippen molar-refractivity contribution in [2.45, 2.75) is 32.4 Å². The Kier molecular flexibility index (Phi) is 6.89. The topological polar surface area (TPSA) is 34.1 Å². The van der Waals surface area contributed by atoms with Crippen molar-refractivity contribution in [2.75, 3.05) is 5.75 Å². The van der Waals surface area contributed by atoms with Crippen LogP contribution in [-0.2, 0) is 8.87 Å². The van der Waals surface area contributed by atoms with Gasteiger partial charge in [0.2, 0.25) is 8.87 Å². The molecule has 0 aromatic carbocycles. The summed E-state index contributed by atoms with van der Waals surface area (Å²) >= 11 is 0. The summed E-state index contributed by atoms with van der Waals surface area (Å²) in [6.07, 6.45) is 0. The van der Waals surface area contributed by atoms with Gasteiger partial charge in [-0.05, 0) is 31.6 Å². The van der Waals surface area contributed by atoms with Crippen molar-refractivity contribution in [3.63, 3.8) is 0 Å². The zero-order valence-electron chi connectivity index (χ0n) is 6.84. The van der Waals surface area contributed by atoms with Crippen LogP contribution in [0.4, 0.5) is 0 Å². The van der Waals surface area contributed by atoms with Crippen LogP contribution in [-0.4, -0.2) is 48.5 Å². The summed E-state index contributed by atoms with van der Waals surface area (Å²) in [6.45, 7) is 7.34. The molecule has 0 aromatic rings. The Morgan fingerprint density at radius 1 is 1.27 bits per heavy atom. The van der Waals surface area contributed by atoms with Gasteiger partial charge in [-0.25, -0.2) is 8.42 Å². The standard InChI is InChI=1S/C6H14O2S2.Na.H/c1-5-10(7,8)9-6(2,3)4;;/h5H2,1-4H3;;. The van der Waals surface area contributed by atoms with E-state index in [0.29, 0.717) is 0 Å². The molecule has 0 unspecified atom stereocenters. The number of hydrogen-bond acceptors (Lipinski definition) is 3. The van der Waals surface area contributed by atoms with Gasteiger partial charge in [-0.15, -0.1) is 0 Å². The Balaban J connectivity index is 0. The second-order valence-electron chi connectivity index (χ2n) is 3.04. The summed E-state index contributed by atoms with van der Waals surface area (Å²) in [6, 6.07) is 0. The van der Waals surface area contributed by atoms with E-state index in [2.05, 4.69) is 0 Å². The molecule has 0 saturated heterocycles. The minimum atomic E-state index is -2.86. The van der Waals surface area contributed by atoms with Gasteiger partial charge in [0.15, 0.2) is 0 Å². The average Bonchev–Trinajstić information content (AvgIpc) is 1.60. The summed E-state index contributed by atoms with van der Waals surface area (Å²) in [5.74, 6) is 0.217. The Morgan fingerprint density at radius 2 is 1.64 bits per heavy atom. The van der Waals surface area contributed by atoms with Gasteiger partial charge >= 0.3 is 29.6 Å². The van der Waals surface area contributed by atoms with E-state index in [9.17, 15) is 8.42 Å². The summed E-state index contributed by atoms with van der Waals surface area (Å²) in [5, 5.41) is 0. The molecular weight excluding hydrogens is 191 g/mol. The first-order valence-electron chi connectivity index (χ1n) is 3.20. The molecule has 0 fully saturated rings. The molecule has 0 aliphatic heterocycles. The molecule has 0 radical (unpaired) electrons. The Hall–Kier alpha value is 1.30. The monoisotopic (exact) mass is 206 g/mol. The van der Waals surface area contributed by atoms with E-state index in [0.717, 1.165) is 10.8 Å². The van der Waals surface area contributed by atoms with E-state index >= 15 is 0 Å². The van der Waals surface area contributed by atoms with Crippen molar-refractivity contribution in [1.29, 1.82) is 0 Å². The van der Waals surface area contributed by atoms with Gasteiger partial charge in [0.1, 0.15) is 0 Å². The molecule has 0 rings (SSSR count). The summed E-state index contributed by atoms with van der Waals surface area (Å²) in [4.78, 5) is 0. The van der Waals surface area contributed by atoms with E-state index in [1.165, 1.54) is 0 Å². The first-order chi connectivity index (χ1) is 4.27. The maximum absolute atomic E-state index is 11.0. The van der Waals surface area contributed by atoms with E-state index in [-0.39, 0.29) is 40.1 Å². The predicted molar refractivity (Wildman–Crippen MR) is 54.0 cm³/mol. The molecule has 0 aromatic heterocycles. The Morgan fingerprint density at radius 3 is 1.73 bits per heavy atom. The fourth-order valence-electron chi connectivity index (χ4n) is 0.440. The van der Waals surface area contributed by atoms with Crippen LogP contribution >= 0.6 is 10.8 Å². The van der Waals surface area contributed by atoms with E-state index < -0.39 is 8.87 Å². The van der Waals surface area contributed by atoms with Crippen LogP contribution in [0.25, 0.3) is 0 Å². The molecular formula is C6H15NaO2S2. The number of rotatable bonds is 2. The van der Waals surface area contributed by atoms with Crippen LogP contribution in [0.3, 0.4) is 0 Å². The van der Waals surface area contributed by atoms with Gasteiger partial charge in [0.25, 0.3) is 0 Å². The van der Waals surface area contributed by atoms with E-state index in [1.54, 1.807) is 6.92 Å². The van der Waals surface area contributed by atoms with Crippen molar-refractivity contribution >= 4 is 49.2 Å². The molecule has 5 heteroatoms. The third-order valence-electron chi connectivity index (χ3n) is 0.731. The quantitative estimate of drug-likeness (QED) is 0.503. The molecule has 64 valence electrons. The molecule has 0 amide bonds. The first kappa shape index (κ1) is 14.8. The molecule has 0 atom stereocenters. The normalized spacial score (nSPS) is 12.4. The fraction of sp³-hybridized carbons (Fsp3) is 1.00. The Bertz CT molecular complexity index is 191. The maximum atomic E-state index is 11.0. The zero-order chi connectivity index (χ0) is 8.41. The summed E-state index contributed by atoms with van der Waals surface area (Å²) < 4.78 is 21.8. The van der Waals surface area contributed by atoms with Crippen molar-refractivity contribution in [2.24, 2.45) is 0 Å². The van der Waals surface area contributed by atoms with Gasteiger partial charge in [0.05, 0.1) is 5.75 Å². The van der Waals surface area contributed by atoms with Gasteiger partial charge in [0, 0.05) is 4.75 Å². The van der Waals surface area contributed by atoms with Crippen molar-refractivity contribution < 1.29 is 8.42 Å². The van der Waals surface area contributed by atoms with Crippen molar-refractivity contribution in [3.8, 4) is 0 Å². The van der Waals surface area contributed by atoms with E-state index in [1.807, 2.05) is 20.8 Å². The van der Waals surface area contributed by atoms with Crippen LogP contribution in [0, 0.1) is 0 Å². The molecule has 0 bridgehead atoms. The molecule has 0 N–H and O–H groups in total. The minimum absolute atomic E-state index is 0. The molecule has 0 aliphatic carbocycles. The molecule has 0 heterocycles. The SMILES string of the molecule is CCS(=O)(=O)SC(C)(C)C.[NaH]. The van der Waals surface area contributed by atoms with Gasteiger partial charge in [-0.1, -0.05) is 6.92 Å².